The summed E-state index contributed by atoms with van der Waals surface area (Å²) in [5, 5.41) is 3.37. The van der Waals surface area contributed by atoms with Gasteiger partial charge in [-0.3, -0.25) is 0 Å². The number of anilines is 1. The van der Waals surface area contributed by atoms with Gasteiger partial charge in [0.05, 0.1) is 0 Å². The van der Waals surface area contributed by atoms with Gasteiger partial charge >= 0.3 is 0 Å². The molecule has 0 saturated carbocycles. The highest BCUT2D eigenvalue weighted by atomic mass is 127. The summed E-state index contributed by atoms with van der Waals surface area (Å²) in [6.45, 7) is 0.814. The Bertz CT molecular complexity index is 537. The molecule has 0 radical (unpaired) electrons. The van der Waals surface area contributed by atoms with E-state index >= 15 is 0 Å². The lowest BCUT2D eigenvalue weighted by Gasteiger charge is -2.06. The molecule has 92 valence electrons. The zero-order valence-electron chi connectivity index (χ0n) is 9.74. The third-order valence-corrected chi connectivity index (χ3v) is 3.78. The number of rotatable bonds is 4. The van der Waals surface area contributed by atoms with Crippen molar-refractivity contribution in [2.24, 2.45) is 0 Å². The smallest absolute Gasteiger partial charge is 0.0487 e. The van der Waals surface area contributed by atoms with Gasteiger partial charge < -0.3 is 5.32 Å². The highest BCUT2D eigenvalue weighted by Gasteiger charge is 1.97. The molecule has 0 aromatic heterocycles. The minimum atomic E-state index is 0.814. The Kier molecular flexibility index (Phi) is 5.26. The maximum Gasteiger partial charge on any atom is 0.0487 e. The van der Waals surface area contributed by atoms with Gasteiger partial charge in [0, 0.05) is 20.3 Å². The van der Waals surface area contributed by atoms with Crippen molar-refractivity contribution in [1.29, 1.82) is 0 Å². The fourth-order valence-electron chi connectivity index (χ4n) is 1.56. The Morgan fingerprint density at radius 3 is 2.61 bits per heavy atom. The van der Waals surface area contributed by atoms with Crippen LogP contribution in [0.2, 0.25) is 0 Å². The Morgan fingerprint density at radius 2 is 1.89 bits per heavy atom. The second kappa shape index (κ2) is 6.95. The molecule has 0 unspecified atom stereocenters. The number of hydrogen-bond donors (Lipinski definition) is 1. The lowest BCUT2D eigenvalue weighted by Crippen LogP contribution is -1.98. The number of nitrogens with one attached hydrogen (secondary N) is 1. The van der Waals surface area contributed by atoms with Gasteiger partial charge in [-0.05, 0) is 62.3 Å². The van der Waals surface area contributed by atoms with Crippen molar-refractivity contribution in [3.05, 3.63) is 68.2 Å². The topological polar surface area (TPSA) is 12.0 Å². The SMILES string of the molecule is Brc1cc(I)ccc1NC/C=C/c1ccccc1. The van der Waals surface area contributed by atoms with Crippen LogP contribution in [0.3, 0.4) is 0 Å². The largest absolute Gasteiger partial charge is 0.381 e. The minimum absolute atomic E-state index is 0.814. The molecular formula is C15H13BrIN. The summed E-state index contributed by atoms with van der Waals surface area (Å²) >= 11 is 5.86. The lowest BCUT2D eigenvalue weighted by atomic mass is 10.2. The molecule has 0 fully saturated rings. The summed E-state index contributed by atoms with van der Waals surface area (Å²) < 4.78 is 2.33. The van der Waals surface area contributed by atoms with Crippen molar-refractivity contribution < 1.29 is 0 Å². The van der Waals surface area contributed by atoms with Crippen molar-refractivity contribution in [1.82, 2.24) is 0 Å². The summed E-state index contributed by atoms with van der Waals surface area (Å²) in [4.78, 5) is 0. The van der Waals surface area contributed by atoms with E-state index in [2.05, 4.69) is 86.3 Å². The van der Waals surface area contributed by atoms with E-state index < -0.39 is 0 Å². The monoisotopic (exact) mass is 413 g/mol. The van der Waals surface area contributed by atoms with E-state index in [-0.39, 0.29) is 0 Å². The first kappa shape index (κ1) is 13.6. The first-order valence-corrected chi connectivity index (χ1v) is 7.53. The summed E-state index contributed by atoms with van der Waals surface area (Å²) in [6, 6.07) is 16.6. The number of benzene rings is 2. The maximum absolute atomic E-state index is 3.55. The fourth-order valence-corrected chi connectivity index (χ4v) is 3.00. The van der Waals surface area contributed by atoms with Crippen LogP contribution < -0.4 is 5.32 Å². The Balaban J connectivity index is 1.91. The van der Waals surface area contributed by atoms with Crippen LogP contribution in [-0.4, -0.2) is 6.54 Å². The van der Waals surface area contributed by atoms with E-state index in [1.807, 2.05) is 18.2 Å². The maximum atomic E-state index is 3.55. The molecule has 3 heteroatoms. The standard InChI is InChI=1S/C15H13BrIN/c16-14-11-13(17)8-9-15(14)18-10-4-7-12-5-2-1-3-6-12/h1-9,11,18H,10H2/b7-4+. The molecule has 0 aliphatic rings. The van der Waals surface area contributed by atoms with Gasteiger partial charge in [0.1, 0.15) is 0 Å². The fraction of sp³-hybridized carbons (Fsp3) is 0.0667. The molecular weight excluding hydrogens is 401 g/mol. The molecule has 1 N–H and O–H groups in total. The van der Waals surface area contributed by atoms with Crippen LogP contribution >= 0.6 is 38.5 Å². The molecule has 2 rings (SSSR count). The van der Waals surface area contributed by atoms with Crippen molar-refractivity contribution >= 4 is 50.3 Å². The van der Waals surface area contributed by atoms with E-state index in [0.29, 0.717) is 0 Å². The predicted molar refractivity (Wildman–Crippen MR) is 90.8 cm³/mol. The van der Waals surface area contributed by atoms with Crippen LogP contribution in [-0.2, 0) is 0 Å². The normalized spacial score (nSPS) is 10.8. The van der Waals surface area contributed by atoms with Gasteiger partial charge in [-0.25, -0.2) is 0 Å². The molecule has 0 spiro atoms. The van der Waals surface area contributed by atoms with Gasteiger partial charge in [-0.15, -0.1) is 0 Å². The van der Waals surface area contributed by atoms with Crippen molar-refractivity contribution in [3.8, 4) is 0 Å². The van der Waals surface area contributed by atoms with E-state index in [1.165, 1.54) is 9.13 Å². The molecule has 2 aromatic carbocycles. The molecule has 0 aliphatic heterocycles. The average molecular weight is 414 g/mol. The molecule has 0 bridgehead atoms. The van der Waals surface area contributed by atoms with Gasteiger partial charge in [-0.2, -0.15) is 0 Å². The zero-order chi connectivity index (χ0) is 12.8. The third kappa shape index (κ3) is 4.14. The molecule has 18 heavy (non-hydrogen) atoms. The quantitative estimate of drug-likeness (QED) is 0.681. The van der Waals surface area contributed by atoms with Crippen LogP contribution in [0, 0.1) is 3.57 Å². The molecule has 1 nitrogen and oxygen atoms in total. The predicted octanol–water partition coefficient (Wildman–Crippen LogP) is 5.18. The average Bonchev–Trinajstić information content (AvgIpc) is 2.38. The molecule has 0 aliphatic carbocycles. The Labute approximate surface area is 130 Å². The van der Waals surface area contributed by atoms with Crippen LogP contribution in [0.15, 0.2) is 59.1 Å². The molecule has 0 heterocycles. The third-order valence-electron chi connectivity index (χ3n) is 2.45. The Morgan fingerprint density at radius 1 is 1.11 bits per heavy atom. The molecule has 0 amide bonds. The zero-order valence-corrected chi connectivity index (χ0v) is 13.5. The van der Waals surface area contributed by atoms with Crippen LogP contribution in [0.4, 0.5) is 5.69 Å². The Hall–Kier alpha value is -0.810. The van der Waals surface area contributed by atoms with Crippen LogP contribution in [0.1, 0.15) is 5.56 Å². The summed E-state index contributed by atoms with van der Waals surface area (Å²) in [5.74, 6) is 0. The van der Waals surface area contributed by atoms with E-state index in [4.69, 9.17) is 0 Å². The van der Waals surface area contributed by atoms with E-state index in [9.17, 15) is 0 Å². The van der Waals surface area contributed by atoms with Crippen molar-refractivity contribution in [3.63, 3.8) is 0 Å². The van der Waals surface area contributed by atoms with Gasteiger partial charge in [-0.1, -0.05) is 42.5 Å². The first-order valence-electron chi connectivity index (χ1n) is 5.66. The number of hydrogen-bond acceptors (Lipinski definition) is 1. The van der Waals surface area contributed by atoms with E-state index in [0.717, 1.165) is 16.7 Å². The second-order valence-corrected chi connectivity index (χ2v) is 5.92. The highest BCUT2D eigenvalue weighted by molar-refractivity contribution is 14.1. The molecule has 0 atom stereocenters. The van der Waals surface area contributed by atoms with Crippen LogP contribution in [0.5, 0.6) is 0 Å². The summed E-state index contributed by atoms with van der Waals surface area (Å²) in [6.07, 6.45) is 4.24. The van der Waals surface area contributed by atoms with Gasteiger partial charge in [0.15, 0.2) is 0 Å². The molecule has 2 aromatic rings. The van der Waals surface area contributed by atoms with Gasteiger partial charge in [0.25, 0.3) is 0 Å². The number of halogens is 2. The lowest BCUT2D eigenvalue weighted by molar-refractivity contribution is 1.33. The highest BCUT2D eigenvalue weighted by Crippen LogP contribution is 2.24. The summed E-state index contributed by atoms with van der Waals surface area (Å²) in [5.41, 5.74) is 2.34. The van der Waals surface area contributed by atoms with Gasteiger partial charge in [0.2, 0.25) is 0 Å². The van der Waals surface area contributed by atoms with Crippen LogP contribution in [0.25, 0.3) is 6.08 Å². The first-order chi connectivity index (χ1) is 8.75. The second-order valence-electron chi connectivity index (χ2n) is 3.82. The van der Waals surface area contributed by atoms with Crippen molar-refractivity contribution in [2.45, 2.75) is 0 Å². The molecule has 0 saturated heterocycles. The minimum Gasteiger partial charge on any atom is -0.381 e. The van der Waals surface area contributed by atoms with Crippen molar-refractivity contribution in [2.75, 3.05) is 11.9 Å². The van der Waals surface area contributed by atoms with E-state index in [1.54, 1.807) is 0 Å². The summed E-state index contributed by atoms with van der Waals surface area (Å²) in [7, 11) is 0.